The van der Waals surface area contributed by atoms with Gasteiger partial charge in [-0.3, -0.25) is 9.36 Å². The van der Waals surface area contributed by atoms with Crippen LogP contribution < -0.4 is 9.64 Å². The van der Waals surface area contributed by atoms with E-state index >= 15 is 0 Å². The lowest BCUT2D eigenvalue weighted by Gasteiger charge is -2.36. The van der Waals surface area contributed by atoms with Crippen molar-refractivity contribution in [1.29, 1.82) is 0 Å². The number of aryl methyl sites for hydroxylation is 1. The van der Waals surface area contributed by atoms with E-state index in [4.69, 9.17) is 4.74 Å². The maximum Gasteiger partial charge on any atom is 0.233 e. The summed E-state index contributed by atoms with van der Waals surface area (Å²) in [4.78, 5) is 21.5. The predicted octanol–water partition coefficient (Wildman–Crippen LogP) is 3.63. The first kappa shape index (κ1) is 20.3. The largest absolute Gasteiger partial charge is 0.497 e. The van der Waals surface area contributed by atoms with Crippen molar-refractivity contribution in [2.24, 2.45) is 0 Å². The third kappa shape index (κ3) is 4.62. The van der Waals surface area contributed by atoms with E-state index in [-0.39, 0.29) is 5.91 Å². The number of thioether (sulfide) groups is 1. The molecule has 0 saturated carbocycles. The lowest BCUT2D eigenvalue weighted by Crippen LogP contribution is -2.49. The Bertz CT molecular complexity index is 1010. The molecule has 0 spiro atoms. The van der Waals surface area contributed by atoms with E-state index in [0.29, 0.717) is 5.75 Å². The highest BCUT2D eigenvalue weighted by Crippen LogP contribution is 2.24. The van der Waals surface area contributed by atoms with Crippen molar-refractivity contribution in [2.45, 2.75) is 12.1 Å². The summed E-state index contributed by atoms with van der Waals surface area (Å²) in [5.74, 6) is 1.33. The zero-order valence-corrected chi connectivity index (χ0v) is 18.1. The molecule has 1 aliphatic heterocycles. The monoisotopic (exact) mass is 422 g/mol. The summed E-state index contributed by atoms with van der Waals surface area (Å²) in [5.41, 5.74) is 3.46. The summed E-state index contributed by atoms with van der Waals surface area (Å²) in [6, 6.07) is 16.3. The van der Waals surface area contributed by atoms with Gasteiger partial charge in [-0.05, 0) is 36.8 Å². The molecule has 1 aliphatic rings. The second-order valence-corrected chi connectivity index (χ2v) is 8.22. The molecule has 0 bridgehead atoms. The van der Waals surface area contributed by atoms with E-state index in [9.17, 15) is 4.79 Å². The summed E-state index contributed by atoms with van der Waals surface area (Å²) in [7, 11) is 1.65. The molecule has 6 nitrogen and oxygen atoms in total. The highest BCUT2D eigenvalue weighted by molar-refractivity contribution is 7.99. The molecule has 1 aromatic heterocycles. The Morgan fingerprint density at radius 1 is 1.07 bits per heavy atom. The predicted molar refractivity (Wildman–Crippen MR) is 121 cm³/mol. The SMILES string of the molecule is COc1cccc(-n2ccnc2SCC(=O)N2CCN(c3cccc(C)c3)CC2)c1. The number of ether oxygens (including phenoxy) is 1. The first-order valence-corrected chi connectivity index (χ1v) is 11.0. The molecule has 3 aromatic rings. The third-order valence-electron chi connectivity index (χ3n) is 5.26. The van der Waals surface area contributed by atoms with Gasteiger partial charge in [-0.2, -0.15) is 0 Å². The number of hydrogen-bond acceptors (Lipinski definition) is 5. The van der Waals surface area contributed by atoms with Gasteiger partial charge >= 0.3 is 0 Å². The van der Waals surface area contributed by atoms with Crippen molar-refractivity contribution in [3.05, 3.63) is 66.5 Å². The number of methoxy groups -OCH3 is 1. The van der Waals surface area contributed by atoms with Crippen LogP contribution in [0.15, 0.2) is 66.1 Å². The van der Waals surface area contributed by atoms with Crippen LogP contribution in [0.4, 0.5) is 5.69 Å². The molecule has 7 heteroatoms. The fraction of sp³-hybridized carbons (Fsp3) is 0.304. The Morgan fingerprint density at radius 3 is 2.60 bits per heavy atom. The van der Waals surface area contributed by atoms with Gasteiger partial charge < -0.3 is 14.5 Å². The van der Waals surface area contributed by atoms with Crippen LogP contribution in [0.5, 0.6) is 5.75 Å². The average Bonchev–Trinajstić information content (AvgIpc) is 3.26. The first-order chi connectivity index (χ1) is 14.6. The fourth-order valence-corrected chi connectivity index (χ4v) is 4.49. The average molecular weight is 423 g/mol. The number of carbonyl (C=O) groups excluding carboxylic acids is 1. The van der Waals surface area contributed by atoms with Crippen LogP contribution in [-0.4, -0.2) is 59.4 Å². The smallest absolute Gasteiger partial charge is 0.233 e. The van der Waals surface area contributed by atoms with E-state index in [1.54, 1.807) is 13.3 Å². The van der Waals surface area contributed by atoms with Crippen LogP contribution in [0.3, 0.4) is 0 Å². The zero-order valence-electron chi connectivity index (χ0n) is 17.3. The van der Waals surface area contributed by atoms with Gasteiger partial charge in [0.25, 0.3) is 0 Å². The zero-order chi connectivity index (χ0) is 20.9. The standard InChI is InChI=1S/C23H26N4O2S/c1-18-5-3-6-19(15-18)25-11-13-26(14-12-25)22(28)17-30-23-24-9-10-27(23)20-7-4-8-21(16-20)29-2/h3-10,15-16H,11-14,17H2,1-2H3. The molecule has 2 aromatic carbocycles. The van der Waals surface area contributed by atoms with Crippen molar-refractivity contribution in [3.8, 4) is 11.4 Å². The van der Waals surface area contributed by atoms with Crippen molar-refractivity contribution in [3.63, 3.8) is 0 Å². The number of rotatable bonds is 6. The van der Waals surface area contributed by atoms with Crippen LogP contribution >= 0.6 is 11.8 Å². The molecule has 30 heavy (non-hydrogen) atoms. The number of piperazine rings is 1. The molecule has 0 aliphatic carbocycles. The van der Waals surface area contributed by atoms with Gasteiger partial charge in [0.15, 0.2) is 5.16 Å². The van der Waals surface area contributed by atoms with Gasteiger partial charge in [-0.25, -0.2) is 4.98 Å². The van der Waals surface area contributed by atoms with E-state index in [0.717, 1.165) is 42.8 Å². The number of nitrogens with zero attached hydrogens (tertiary/aromatic N) is 4. The van der Waals surface area contributed by atoms with Gasteiger partial charge in [0.05, 0.1) is 18.6 Å². The second kappa shape index (κ2) is 9.26. The number of aromatic nitrogens is 2. The molecular formula is C23H26N4O2S. The van der Waals surface area contributed by atoms with Crippen molar-refractivity contribution in [1.82, 2.24) is 14.5 Å². The quantitative estimate of drug-likeness (QED) is 0.568. The molecule has 4 rings (SSSR count). The number of carbonyl (C=O) groups is 1. The highest BCUT2D eigenvalue weighted by atomic mass is 32.2. The van der Waals surface area contributed by atoms with Crippen LogP contribution in [-0.2, 0) is 4.79 Å². The van der Waals surface area contributed by atoms with E-state index in [2.05, 4.69) is 41.1 Å². The Kier molecular flexibility index (Phi) is 6.28. The minimum atomic E-state index is 0.157. The van der Waals surface area contributed by atoms with Crippen LogP contribution in [0, 0.1) is 6.92 Å². The van der Waals surface area contributed by atoms with E-state index in [1.807, 2.05) is 39.9 Å². The number of amides is 1. The minimum Gasteiger partial charge on any atom is -0.497 e. The molecule has 1 saturated heterocycles. The lowest BCUT2D eigenvalue weighted by atomic mass is 10.2. The molecule has 1 fully saturated rings. The molecule has 0 atom stereocenters. The van der Waals surface area contributed by atoms with Crippen LogP contribution in [0.2, 0.25) is 0 Å². The van der Waals surface area contributed by atoms with Crippen LogP contribution in [0.25, 0.3) is 5.69 Å². The normalized spacial score (nSPS) is 14.1. The minimum absolute atomic E-state index is 0.157. The molecule has 1 amide bonds. The van der Waals surface area contributed by atoms with Gasteiger partial charge in [0.1, 0.15) is 5.75 Å². The molecule has 0 N–H and O–H groups in total. The molecular weight excluding hydrogens is 396 g/mol. The first-order valence-electron chi connectivity index (χ1n) is 10.0. The fourth-order valence-electron chi connectivity index (χ4n) is 3.61. The molecule has 156 valence electrons. The summed E-state index contributed by atoms with van der Waals surface area (Å²) in [6.45, 7) is 5.32. The van der Waals surface area contributed by atoms with Gasteiger partial charge in [0.2, 0.25) is 5.91 Å². The molecule has 0 radical (unpaired) electrons. The third-order valence-corrected chi connectivity index (χ3v) is 6.21. The number of anilines is 1. The van der Waals surface area contributed by atoms with E-state index in [1.165, 1.54) is 23.0 Å². The highest BCUT2D eigenvalue weighted by Gasteiger charge is 2.22. The Balaban J connectivity index is 1.33. The molecule has 2 heterocycles. The van der Waals surface area contributed by atoms with Crippen LogP contribution in [0.1, 0.15) is 5.56 Å². The Morgan fingerprint density at radius 2 is 1.83 bits per heavy atom. The maximum atomic E-state index is 12.8. The summed E-state index contributed by atoms with van der Waals surface area (Å²) < 4.78 is 7.29. The maximum absolute atomic E-state index is 12.8. The van der Waals surface area contributed by atoms with Crippen molar-refractivity contribution in [2.75, 3.05) is 43.9 Å². The molecule has 0 unspecified atom stereocenters. The van der Waals surface area contributed by atoms with Gasteiger partial charge in [-0.15, -0.1) is 0 Å². The summed E-state index contributed by atoms with van der Waals surface area (Å²) in [6.07, 6.45) is 3.66. The van der Waals surface area contributed by atoms with Crippen molar-refractivity contribution < 1.29 is 9.53 Å². The second-order valence-electron chi connectivity index (χ2n) is 7.28. The Labute approximate surface area is 181 Å². The van der Waals surface area contributed by atoms with Gasteiger partial charge in [-0.1, -0.05) is 30.0 Å². The summed E-state index contributed by atoms with van der Waals surface area (Å²) >= 11 is 1.47. The number of imidazole rings is 1. The summed E-state index contributed by atoms with van der Waals surface area (Å²) in [5, 5.41) is 0.801. The number of hydrogen-bond donors (Lipinski definition) is 0. The lowest BCUT2D eigenvalue weighted by molar-refractivity contribution is -0.128. The van der Waals surface area contributed by atoms with E-state index < -0.39 is 0 Å². The van der Waals surface area contributed by atoms with Gasteiger partial charge in [0, 0.05) is 50.3 Å². The topological polar surface area (TPSA) is 50.6 Å². The number of benzene rings is 2. The Hall–Kier alpha value is -2.93. The van der Waals surface area contributed by atoms with Crippen molar-refractivity contribution >= 4 is 23.4 Å².